The highest BCUT2D eigenvalue weighted by Gasteiger charge is 2.20. The molecule has 0 bridgehead atoms. The second-order valence-electron chi connectivity index (χ2n) is 5.69. The van der Waals surface area contributed by atoms with E-state index in [2.05, 4.69) is 61.7 Å². The lowest BCUT2D eigenvalue weighted by Gasteiger charge is -2.22. The summed E-state index contributed by atoms with van der Waals surface area (Å²) in [4.78, 5) is 8.14. The van der Waals surface area contributed by atoms with Crippen LogP contribution in [0.25, 0.3) is 0 Å². The number of thiazole rings is 1. The van der Waals surface area contributed by atoms with Gasteiger partial charge in [0.15, 0.2) is 0 Å². The molecule has 0 amide bonds. The van der Waals surface area contributed by atoms with Crippen LogP contribution in [-0.2, 0) is 13.0 Å². The summed E-state index contributed by atoms with van der Waals surface area (Å²) in [6.45, 7) is 11.2. The van der Waals surface area contributed by atoms with E-state index in [0.717, 1.165) is 12.1 Å². The van der Waals surface area contributed by atoms with E-state index in [-0.39, 0.29) is 12.0 Å². The van der Waals surface area contributed by atoms with E-state index < -0.39 is 0 Å². The van der Waals surface area contributed by atoms with Crippen LogP contribution in [0.1, 0.15) is 67.0 Å². The maximum absolute atomic E-state index is 5.68. The van der Waals surface area contributed by atoms with Gasteiger partial charge in [-0.05, 0) is 27.3 Å². The summed E-state index contributed by atoms with van der Waals surface area (Å²) in [5.74, 6) is 1.64. The molecule has 5 nitrogen and oxygen atoms in total. The first kappa shape index (κ1) is 16.1. The predicted molar refractivity (Wildman–Crippen MR) is 84.5 cm³/mol. The molecule has 0 saturated carbocycles. The maximum Gasteiger partial charge on any atom is 0.230 e. The Kier molecular flexibility index (Phi) is 5.11. The highest BCUT2D eigenvalue weighted by Crippen LogP contribution is 2.29. The summed E-state index contributed by atoms with van der Waals surface area (Å²) in [5.41, 5.74) is 1.13. The molecule has 0 aliphatic heterocycles. The van der Waals surface area contributed by atoms with E-state index in [4.69, 9.17) is 4.42 Å². The quantitative estimate of drug-likeness (QED) is 0.814. The normalized spacial score (nSPS) is 13.3. The van der Waals surface area contributed by atoms with Crippen LogP contribution < -0.4 is 0 Å². The number of rotatable bonds is 6. The number of hydrogen-bond donors (Lipinski definition) is 0. The second-order valence-corrected chi connectivity index (χ2v) is 6.81. The van der Waals surface area contributed by atoms with Crippen molar-refractivity contribution in [2.75, 3.05) is 7.05 Å². The summed E-state index contributed by atoms with van der Waals surface area (Å²) < 4.78 is 5.68. The molecular formula is C15H24N4OS. The SMILES string of the molecule is CCc1nc(C)c([C@@H](C)N(C)Cc2nnc(C(C)C)o2)s1. The van der Waals surface area contributed by atoms with Crippen LogP contribution in [0.5, 0.6) is 0 Å². The van der Waals surface area contributed by atoms with Crippen LogP contribution in [0, 0.1) is 6.92 Å². The molecule has 2 aromatic heterocycles. The van der Waals surface area contributed by atoms with Gasteiger partial charge in [0, 0.05) is 16.8 Å². The van der Waals surface area contributed by atoms with Gasteiger partial charge in [0.25, 0.3) is 0 Å². The zero-order chi connectivity index (χ0) is 15.6. The topological polar surface area (TPSA) is 55.1 Å². The van der Waals surface area contributed by atoms with Crippen LogP contribution in [0.15, 0.2) is 4.42 Å². The molecule has 2 aromatic rings. The molecule has 6 heteroatoms. The van der Waals surface area contributed by atoms with Gasteiger partial charge < -0.3 is 4.42 Å². The molecule has 2 heterocycles. The van der Waals surface area contributed by atoms with Gasteiger partial charge in [-0.1, -0.05) is 20.8 Å². The highest BCUT2D eigenvalue weighted by atomic mass is 32.1. The van der Waals surface area contributed by atoms with E-state index in [1.807, 2.05) is 0 Å². The average Bonchev–Trinajstić information content (AvgIpc) is 3.04. The molecular weight excluding hydrogens is 284 g/mol. The monoisotopic (exact) mass is 308 g/mol. The zero-order valence-corrected chi connectivity index (χ0v) is 14.5. The first-order valence-electron chi connectivity index (χ1n) is 7.41. The van der Waals surface area contributed by atoms with Crippen molar-refractivity contribution in [1.82, 2.24) is 20.1 Å². The van der Waals surface area contributed by atoms with Gasteiger partial charge in [0.05, 0.1) is 17.2 Å². The van der Waals surface area contributed by atoms with E-state index in [1.165, 1.54) is 9.88 Å². The Hall–Kier alpha value is -1.27. The lowest BCUT2D eigenvalue weighted by atomic mass is 10.2. The third kappa shape index (κ3) is 3.68. The average molecular weight is 308 g/mol. The van der Waals surface area contributed by atoms with Gasteiger partial charge in [0.1, 0.15) is 0 Å². The van der Waals surface area contributed by atoms with Crippen LogP contribution in [0.2, 0.25) is 0 Å². The summed E-state index contributed by atoms with van der Waals surface area (Å²) in [7, 11) is 2.08. The smallest absolute Gasteiger partial charge is 0.230 e. The van der Waals surface area contributed by atoms with Crippen molar-refractivity contribution >= 4 is 11.3 Å². The van der Waals surface area contributed by atoms with Gasteiger partial charge >= 0.3 is 0 Å². The van der Waals surface area contributed by atoms with Gasteiger partial charge in [-0.15, -0.1) is 21.5 Å². The second kappa shape index (κ2) is 6.66. The summed E-state index contributed by atoms with van der Waals surface area (Å²) in [5, 5.41) is 9.41. The standard InChI is InChI=1S/C15H24N4OS/c1-7-13-16-10(4)14(21-13)11(5)19(6)8-12-17-18-15(20-12)9(2)3/h9,11H,7-8H2,1-6H3/t11-/m1/s1. The van der Waals surface area contributed by atoms with Gasteiger partial charge in [-0.25, -0.2) is 4.98 Å². The molecule has 0 fully saturated rings. The van der Waals surface area contributed by atoms with E-state index in [9.17, 15) is 0 Å². The van der Waals surface area contributed by atoms with Crippen LogP contribution in [0.4, 0.5) is 0 Å². The molecule has 0 saturated heterocycles. The predicted octanol–water partition coefficient (Wildman–Crippen LogP) is 3.71. The van der Waals surface area contributed by atoms with Crippen molar-refractivity contribution in [2.45, 2.75) is 59.5 Å². The van der Waals surface area contributed by atoms with Gasteiger partial charge in [-0.2, -0.15) is 0 Å². The molecule has 0 spiro atoms. The van der Waals surface area contributed by atoms with E-state index >= 15 is 0 Å². The number of hydrogen-bond acceptors (Lipinski definition) is 6. The molecule has 0 unspecified atom stereocenters. The molecule has 0 N–H and O–H groups in total. The molecule has 21 heavy (non-hydrogen) atoms. The Morgan fingerprint density at radius 1 is 1.24 bits per heavy atom. The fourth-order valence-electron chi connectivity index (χ4n) is 2.12. The summed E-state index contributed by atoms with van der Waals surface area (Å²) in [6.07, 6.45) is 0.989. The van der Waals surface area contributed by atoms with E-state index in [0.29, 0.717) is 18.3 Å². The van der Waals surface area contributed by atoms with Crippen molar-refractivity contribution in [2.24, 2.45) is 0 Å². The molecule has 2 rings (SSSR count). The number of aryl methyl sites for hydroxylation is 2. The fraction of sp³-hybridized carbons (Fsp3) is 0.667. The Labute approximate surface area is 130 Å². The first-order chi connectivity index (χ1) is 9.92. The minimum absolute atomic E-state index is 0.268. The molecule has 0 aliphatic rings. The van der Waals surface area contributed by atoms with Gasteiger partial charge in [-0.3, -0.25) is 4.90 Å². The van der Waals surface area contributed by atoms with Gasteiger partial charge in [0.2, 0.25) is 11.8 Å². The molecule has 1 atom stereocenters. The van der Waals surface area contributed by atoms with Crippen molar-refractivity contribution in [3.05, 3.63) is 27.4 Å². The minimum Gasteiger partial charge on any atom is -0.424 e. The summed E-state index contributed by atoms with van der Waals surface area (Å²) >= 11 is 1.80. The molecule has 0 aromatic carbocycles. The molecule has 116 valence electrons. The zero-order valence-electron chi connectivity index (χ0n) is 13.7. The van der Waals surface area contributed by atoms with Crippen molar-refractivity contribution in [3.63, 3.8) is 0 Å². The highest BCUT2D eigenvalue weighted by molar-refractivity contribution is 7.11. The number of nitrogens with zero attached hydrogens (tertiary/aromatic N) is 4. The maximum atomic E-state index is 5.68. The number of aromatic nitrogens is 3. The lowest BCUT2D eigenvalue weighted by molar-refractivity contribution is 0.227. The van der Waals surface area contributed by atoms with Crippen LogP contribution in [-0.4, -0.2) is 27.1 Å². The molecule has 0 aliphatic carbocycles. The lowest BCUT2D eigenvalue weighted by Crippen LogP contribution is -2.22. The van der Waals surface area contributed by atoms with Crippen molar-refractivity contribution < 1.29 is 4.42 Å². The minimum atomic E-state index is 0.268. The Bertz CT molecular complexity index is 590. The third-order valence-electron chi connectivity index (χ3n) is 3.58. The Morgan fingerprint density at radius 3 is 2.48 bits per heavy atom. The first-order valence-corrected chi connectivity index (χ1v) is 8.22. The van der Waals surface area contributed by atoms with Crippen molar-refractivity contribution in [1.29, 1.82) is 0 Å². The fourth-order valence-corrected chi connectivity index (χ4v) is 3.24. The molecule has 0 radical (unpaired) electrons. The summed E-state index contributed by atoms with van der Waals surface area (Å²) in [6, 6.07) is 0.289. The Morgan fingerprint density at radius 2 is 1.95 bits per heavy atom. The Balaban J connectivity index is 2.07. The largest absolute Gasteiger partial charge is 0.424 e. The van der Waals surface area contributed by atoms with Crippen LogP contribution >= 0.6 is 11.3 Å². The van der Waals surface area contributed by atoms with Crippen LogP contribution in [0.3, 0.4) is 0 Å². The van der Waals surface area contributed by atoms with E-state index in [1.54, 1.807) is 11.3 Å². The third-order valence-corrected chi connectivity index (χ3v) is 5.05. The van der Waals surface area contributed by atoms with Crippen molar-refractivity contribution in [3.8, 4) is 0 Å².